The van der Waals surface area contributed by atoms with Crippen LogP contribution < -0.4 is 0 Å². The molecule has 1 nitrogen and oxygen atoms in total. The molecule has 2 rings (SSSR count). The highest BCUT2D eigenvalue weighted by atomic mass is 19.4. The van der Waals surface area contributed by atoms with Crippen LogP contribution in [0.3, 0.4) is 0 Å². The van der Waals surface area contributed by atoms with Gasteiger partial charge in [0.1, 0.15) is 0 Å². The normalized spacial score (nSPS) is 25.4. The third kappa shape index (κ3) is 3.54. The van der Waals surface area contributed by atoms with Gasteiger partial charge in [0.15, 0.2) is 0 Å². The van der Waals surface area contributed by atoms with Gasteiger partial charge in [-0.2, -0.15) is 13.2 Å². The first-order valence-electron chi connectivity index (χ1n) is 7.11. The lowest BCUT2D eigenvalue weighted by Crippen LogP contribution is -2.24. The maximum Gasteiger partial charge on any atom is 0.416 e. The van der Waals surface area contributed by atoms with E-state index < -0.39 is 11.7 Å². The second kappa shape index (κ2) is 6.17. The van der Waals surface area contributed by atoms with Crippen LogP contribution in [0.25, 0.3) is 0 Å². The van der Waals surface area contributed by atoms with E-state index in [9.17, 15) is 13.2 Å². The van der Waals surface area contributed by atoms with E-state index in [0.717, 1.165) is 31.2 Å². The second-order valence-corrected chi connectivity index (χ2v) is 5.67. The Morgan fingerprint density at radius 2 is 1.60 bits per heavy atom. The quantitative estimate of drug-likeness (QED) is 0.758. The summed E-state index contributed by atoms with van der Waals surface area (Å²) in [6.07, 6.45) is 0.252. The molecule has 0 aliphatic heterocycles. The molecule has 1 unspecified atom stereocenters. The van der Waals surface area contributed by atoms with Crippen molar-refractivity contribution < 1.29 is 17.9 Å². The van der Waals surface area contributed by atoms with E-state index in [-0.39, 0.29) is 6.10 Å². The first-order chi connectivity index (χ1) is 9.41. The van der Waals surface area contributed by atoms with Gasteiger partial charge < -0.3 is 4.74 Å². The second-order valence-electron chi connectivity index (χ2n) is 5.67. The molecular formula is C16H21F3O. The van der Waals surface area contributed by atoms with Crippen molar-refractivity contribution in [3.63, 3.8) is 0 Å². The molecule has 1 aromatic rings. The van der Waals surface area contributed by atoms with Gasteiger partial charge in [-0.3, -0.25) is 0 Å². The predicted molar refractivity (Wildman–Crippen MR) is 72.6 cm³/mol. The fourth-order valence-corrected chi connectivity index (χ4v) is 3.06. The fourth-order valence-electron chi connectivity index (χ4n) is 3.06. The van der Waals surface area contributed by atoms with Gasteiger partial charge in [-0.15, -0.1) is 0 Å². The minimum absolute atomic E-state index is 0.267. The summed E-state index contributed by atoms with van der Waals surface area (Å²) in [5.74, 6) is 0.961. The van der Waals surface area contributed by atoms with Gasteiger partial charge in [0.2, 0.25) is 0 Å². The highest BCUT2D eigenvalue weighted by Crippen LogP contribution is 2.38. The molecule has 0 amide bonds. The lowest BCUT2D eigenvalue weighted by atomic mass is 9.77. The number of ether oxygens (including phenoxy) is 1. The van der Waals surface area contributed by atoms with Crippen molar-refractivity contribution in [1.82, 2.24) is 0 Å². The predicted octanol–water partition coefficient (Wildman–Crippen LogP) is 5.01. The summed E-state index contributed by atoms with van der Waals surface area (Å²) >= 11 is 0. The molecule has 1 fully saturated rings. The maximum absolute atomic E-state index is 12.5. The SMILES string of the molecule is COC(C)[C@H]1CC[C@H](c2ccc(C(F)(F)F)cc2)CC1. The summed E-state index contributed by atoms with van der Waals surface area (Å²) in [7, 11) is 1.73. The van der Waals surface area contributed by atoms with Crippen molar-refractivity contribution in [2.45, 2.75) is 50.8 Å². The van der Waals surface area contributed by atoms with E-state index >= 15 is 0 Å². The van der Waals surface area contributed by atoms with Crippen LogP contribution in [0.5, 0.6) is 0 Å². The number of hydrogen-bond acceptors (Lipinski definition) is 1. The largest absolute Gasteiger partial charge is 0.416 e. The number of methoxy groups -OCH3 is 1. The number of benzene rings is 1. The summed E-state index contributed by atoms with van der Waals surface area (Å²) in [4.78, 5) is 0. The molecule has 0 radical (unpaired) electrons. The molecular weight excluding hydrogens is 265 g/mol. The van der Waals surface area contributed by atoms with Crippen molar-refractivity contribution in [3.8, 4) is 0 Å². The Morgan fingerprint density at radius 1 is 1.05 bits per heavy atom. The molecule has 0 heterocycles. The lowest BCUT2D eigenvalue weighted by molar-refractivity contribution is -0.137. The molecule has 112 valence electrons. The third-order valence-electron chi connectivity index (χ3n) is 4.52. The minimum Gasteiger partial charge on any atom is -0.381 e. The van der Waals surface area contributed by atoms with Crippen molar-refractivity contribution in [1.29, 1.82) is 0 Å². The Kier molecular flexibility index (Phi) is 4.74. The zero-order valence-electron chi connectivity index (χ0n) is 11.9. The zero-order chi connectivity index (χ0) is 14.8. The van der Waals surface area contributed by atoms with E-state index in [0.29, 0.717) is 11.8 Å². The molecule has 0 saturated heterocycles. The molecule has 0 spiro atoms. The molecule has 1 aliphatic carbocycles. The van der Waals surface area contributed by atoms with Crippen LogP contribution in [0, 0.1) is 5.92 Å². The van der Waals surface area contributed by atoms with Crippen molar-refractivity contribution in [2.24, 2.45) is 5.92 Å². The van der Waals surface area contributed by atoms with Crippen molar-refractivity contribution in [3.05, 3.63) is 35.4 Å². The van der Waals surface area contributed by atoms with Gasteiger partial charge in [-0.25, -0.2) is 0 Å². The van der Waals surface area contributed by atoms with Gasteiger partial charge >= 0.3 is 6.18 Å². The average Bonchev–Trinajstić information content (AvgIpc) is 2.46. The molecule has 0 bridgehead atoms. The van der Waals surface area contributed by atoms with Crippen LogP contribution in [0.1, 0.15) is 49.7 Å². The lowest BCUT2D eigenvalue weighted by Gasteiger charge is -2.31. The van der Waals surface area contributed by atoms with Gasteiger partial charge in [0.25, 0.3) is 0 Å². The monoisotopic (exact) mass is 286 g/mol. The van der Waals surface area contributed by atoms with E-state index in [2.05, 4.69) is 6.92 Å². The molecule has 1 aliphatic rings. The van der Waals surface area contributed by atoms with Gasteiger partial charge in [0, 0.05) is 7.11 Å². The van der Waals surface area contributed by atoms with E-state index in [1.807, 2.05) is 0 Å². The van der Waals surface area contributed by atoms with E-state index in [1.54, 1.807) is 19.2 Å². The van der Waals surface area contributed by atoms with Crippen molar-refractivity contribution >= 4 is 0 Å². The number of alkyl halides is 3. The van der Waals surface area contributed by atoms with Crippen LogP contribution in [0.2, 0.25) is 0 Å². The average molecular weight is 286 g/mol. The number of halogens is 3. The van der Waals surface area contributed by atoms with Crippen LogP contribution in [0.15, 0.2) is 24.3 Å². The maximum atomic E-state index is 12.5. The van der Waals surface area contributed by atoms with E-state index in [4.69, 9.17) is 4.74 Å². The highest BCUT2D eigenvalue weighted by Gasteiger charge is 2.31. The zero-order valence-corrected chi connectivity index (χ0v) is 11.9. The topological polar surface area (TPSA) is 9.23 Å². The third-order valence-corrected chi connectivity index (χ3v) is 4.52. The molecule has 20 heavy (non-hydrogen) atoms. The van der Waals surface area contributed by atoms with Crippen LogP contribution >= 0.6 is 0 Å². The Labute approximate surface area is 118 Å². The number of rotatable bonds is 3. The Hall–Kier alpha value is -1.03. The first kappa shape index (κ1) is 15.4. The highest BCUT2D eigenvalue weighted by molar-refractivity contribution is 5.27. The molecule has 0 N–H and O–H groups in total. The Bertz CT molecular complexity index is 416. The molecule has 1 atom stereocenters. The summed E-state index contributed by atoms with van der Waals surface area (Å²) in [6.45, 7) is 2.09. The van der Waals surface area contributed by atoms with E-state index in [1.165, 1.54) is 12.1 Å². The molecule has 4 heteroatoms. The molecule has 0 aromatic heterocycles. The summed E-state index contributed by atoms with van der Waals surface area (Å²) < 4.78 is 42.9. The van der Waals surface area contributed by atoms with Gasteiger partial charge in [-0.1, -0.05) is 12.1 Å². The Morgan fingerprint density at radius 3 is 2.05 bits per heavy atom. The van der Waals surface area contributed by atoms with Crippen LogP contribution in [0.4, 0.5) is 13.2 Å². The smallest absolute Gasteiger partial charge is 0.381 e. The van der Waals surface area contributed by atoms with Crippen LogP contribution in [-0.4, -0.2) is 13.2 Å². The standard InChI is InChI=1S/C16H21F3O/c1-11(20-2)12-3-5-13(6-4-12)14-7-9-15(10-8-14)16(17,18)19/h7-13H,3-6H2,1-2H3/t11?,12-,13-. The minimum atomic E-state index is -4.25. The molecule has 1 aromatic carbocycles. The Balaban J connectivity index is 1.97. The fraction of sp³-hybridized carbons (Fsp3) is 0.625. The number of hydrogen-bond donors (Lipinski definition) is 0. The van der Waals surface area contributed by atoms with Crippen molar-refractivity contribution in [2.75, 3.05) is 7.11 Å². The summed E-state index contributed by atoms with van der Waals surface area (Å²) in [5.41, 5.74) is 0.462. The van der Waals surface area contributed by atoms with Gasteiger partial charge in [0.05, 0.1) is 11.7 Å². The molecule has 1 saturated carbocycles. The van der Waals surface area contributed by atoms with Crippen LogP contribution in [-0.2, 0) is 10.9 Å². The summed E-state index contributed by atoms with van der Waals surface area (Å²) in [5, 5.41) is 0. The summed E-state index contributed by atoms with van der Waals surface area (Å²) in [6, 6.07) is 5.65. The van der Waals surface area contributed by atoms with Gasteiger partial charge in [-0.05, 0) is 62.1 Å². The first-order valence-corrected chi connectivity index (χ1v) is 7.11.